The summed E-state index contributed by atoms with van der Waals surface area (Å²) in [6.07, 6.45) is 1.23. The highest BCUT2D eigenvalue weighted by molar-refractivity contribution is 6.06. The van der Waals surface area contributed by atoms with Gasteiger partial charge in [-0.15, -0.1) is 0 Å². The molecule has 23 heavy (non-hydrogen) atoms. The maximum atomic E-state index is 13.1. The Morgan fingerprint density at radius 1 is 1.22 bits per heavy atom. The standard InChI is InChI=1S/C17H14FN3O2/c1-23-16-7-5-14(6-8-16)21-17(22)12(10-19)11-20-15-4-2-3-13(18)9-15/h2-9,11,20H,1H3,(H,21,22)/b12-11-. The molecule has 0 aliphatic carbocycles. The van der Waals surface area contributed by atoms with Gasteiger partial charge in [0.25, 0.3) is 5.91 Å². The van der Waals surface area contributed by atoms with Crippen molar-refractivity contribution in [2.75, 3.05) is 17.7 Å². The van der Waals surface area contributed by atoms with Gasteiger partial charge in [0.15, 0.2) is 0 Å². The highest BCUT2D eigenvalue weighted by atomic mass is 19.1. The minimum atomic E-state index is -0.568. The number of methoxy groups -OCH3 is 1. The lowest BCUT2D eigenvalue weighted by Gasteiger charge is -2.06. The molecule has 0 saturated carbocycles. The number of ether oxygens (including phenoxy) is 1. The molecule has 0 fully saturated rings. The van der Waals surface area contributed by atoms with E-state index in [2.05, 4.69) is 10.6 Å². The fraction of sp³-hybridized carbons (Fsp3) is 0.0588. The van der Waals surface area contributed by atoms with Crippen molar-refractivity contribution < 1.29 is 13.9 Å². The van der Waals surface area contributed by atoms with E-state index in [4.69, 9.17) is 10.00 Å². The van der Waals surface area contributed by atoms with Crippen molar-refractivity contribution in [1.82, 2.24) is 0 Å². The van der Waals surface area contributed by atoms with Gasteiger partial charge in [-0.1, -0.05) is 6.07 Å². The Hall–Kier alpha value is -3.33. The van der Waals surface area contributed by atoms with Gasteiger partial charge >= 0.3 is 0 Å². The van der Waals surface area contributed by atoms with Gasteiger partial charge in [-0.25, -0.2) is 4.39 Å². The van der Waals surface area contributed by atoms with Gasteiger partial charge < -0.3 is 15.4 Å². The van der Waals surface area contributed by atoms with Crippen molar-refractivity contribution in [2.45, 2.75) is 0 Å². The van der Waals surface area contributed by atoms with Gasteiger partial charge in [-0.3, -0.25) is 4.79 Å². The summed E-state index contributed by atoms with van der Waals surface area (Å²) in [6.45, 7) is 0. The second-order valence-electron chi connectivity index (χ2n) is 4.51. The lowest BCUT2D eigenvalue weighted by atomic mass is 10.2. The Bertz CT molecular complexity index is 764. The lowest BCUT2D eigenvalue weighted by molar-refractivity contribution is -0.112. The van der Waals surface area contributed by atoms with Crippen molar-refractivity contribution in [3.05, 3.63) is 66.1 Å². The molecule has 1 amide bonds. The van der Waals surface area contributed by atoms with Crippen LogP contribution < -0.4 is 15.4 Å². The maximum Gasteiger partial charge on any atom is 0.267 e. The molecule has 2 aromatic carbocycles. The Balaban J connectivity index is 2.05. The van der Waals surface area contributed by atoms with E-state index in [9.17, 15) is 9.18 Å². The maximum absolute atomic E-state index is 13.1. The van der Waals surface area contributed by atoms with Crippen LogP contribution in [-0.4, -0.2) is 13.0 Å². The summed E-state index contributed by atoms with van der Waals surface area (Å²) in [5.41, 5.74) is 0.836. The number of nitrogens with one attached hydrogen (secondary N) is 2. The van der Waals surface area contributed by atoms with Crippen LogP contribution >= 0.6 is 0 Å². The van der Waals surface area contributed by atoms with E-state index in [0.717, 1.165) is 0 Å². The fourth-order valence-corrected chi connectivity index (χ4v) is 1.76. The summed E-state index contributed by atoms with van der Waals surface area (Å²) in [5, 5.41) is 14.4. The zero-order valence-corrected chi connectivity index (χ0v) is 12.3. The van der Waals surface area contributed by atoms with Gasteiger partial charge in [-0.05, 0) is 42.5 Å². The average Bonchev–Trinajstić information content (AvgIpc) is 2.56. The fourth-order valence-electron chi connectivity index (χ4n) is 1.76. The van der Waals surface area contributed by atoms with E-state index in [1.54, 1.807) is 43.5 Å². The smallest absolute Gasteiger partial charge is 0.267 e. The molecule has 0 aliphatic rings. The molecule has 0 unspecified atom stereocenters. The molecule has 2 N–H and O–H groups in total. The van der Waals surface area contributed by atoms with Crippen molar-refractivity contribution in [2.24, 2.45) is 0 Å². The zero-order chi connectivity index (χ0) is 16.7. The second kappa shape index (κ2) is 7.61. The molecule has 2 aromatic rings. The highest BCUT2D eigenvalue weighted by Gasteiger charge is 2.09. The van der Waals surface area contributed by atoms with Crippen molar-refractivity contribution in [3.63, 3.8) is 0 Å². The summed E-state index contributed by atoms with van der Waals surface area (Å²) in [5.74, 6) is -0.321. The van der Waals surface area contributed by atoms with Gasteiger partial charge in [0, 0.05) is 17.6 Å². The van der Waals surface area contributed by atoms with E-state index in [1.165, 1.54) is 24.4 Å². The molecule has 5 nitrogen and oxygen atoms in total. The van der Waals surface area contributed by atoms with Crippen LogP contribution in [0.1, 0.15) is 0 Å². The number of rotatable bonds is 5. The number of nitrogens with zero attached hydrogens (tertiary/aromatic N) is 1. The minimum absolute atomic E-state index is 0.134. The van der Waals surface area contributed by atoms with Gasteiger partial charge in [0.2, 0.25) is 0 Å². The Morgan fingerprint density at radius 2 is 1.96 bits per heavy atom. The van der Waals surface area contributed by atoms with E-state index >= 15 is 0 Å². The largest absolute Gasteiger partial charge is 0.497 e. The highest BCUT2D eigenvalue weighted by Crippen LogP contribution is 2.16. The third-order valence-electron chi connectivity index (χ3n) is 2.92. The summed E-state index contributed by atoms with van der Waals surface area (Å²) in [7, 11) is 1.54. The molecule has 2 rings (SSSR count). The van der Waals surface area contributed by atoms with Crippen LogP contribution in [0.3, 0.4) is 0 Å². The second-order valence-corrected chi connectivity index (χ2v) is 4.51. The number of carbonyl (C=O) groups is 1. The van der Waals surface area contributed by atoms with E-state index in [1.807, 2.05) is 0 Å². The summed E-state index contributed by atoms with van der Waals surface area (Å²) in [4.78, 5) is 12.0. The first-order valence-corrected chi connectivity index (χ1v) is 6.70. The predicted octanol–water partition coefficient (Wildman–Crippen LogP) is 3.29. The number of nitriles is 1. The van der Waals surface area contributed by atoms with E-state index in [-0.39, 0.29) is 5.57 Å². The molecule has 0 atom stereocenters. The first-order chi connectivity index (χ1) is 11.1. The van der Waals surface area contributed by atoms with Crippen LogP contribution in [0.25, 0.3) is 0 Å². The molecular weight excluding hydrogens is 297 g/mol. The Morgan fingerprint density at radius 3 is 2.57 bits per heavy atom. The van der Waals surface area contributed by atoms with Crippen molar-refractivity contribution >= 4 is 17.3 Å². The Kier molecular flexibility index (Phi) is 5.31. The molecule has 0 aromatic heterocycles. The number of amides is 1. The molecule has 6 heteroatoms. The number of hydrogen-bond donors (Lipinski definition) is 2. The molecular formula is C17H14FN3O2. The summed E-state index contributed by atoms with van der Waals surface area (Å²) < 4.78 is 18.1. The SMILES string of the molecule is COc1ccc(NC(=O)/C(C#N)=C\Nc2cccc(F)c2)cc1. The molecule has 0 saturated heterocycles. The number of benzene rings is 2. The van der Waals surface area contributed by atoms with Crippen LogP contribution in [0, 0.1) is 17.1 Å². The Labute approximate surface area is 133 Å². The number of anilines is 2. The molecule has 0 radical (unpaired) electrons. The molecule has 0 aliphatic heterocycles. The third-order valence-corrected chi connectivity index (χ3v) is 2.92. The van der Waals surface area contributed by atoms with Crippen LogP contribution in [0.5, 0.6) is 5.75 Å². The molecule has 0 heterocycles. The lowest BCUT2D eigenvalue weighted by Crippen LogP contribution is -2.14. The quantitative estimate of drug-likeness (QED) is 0.656. The first-order valence-electron chi connectivity index (χ1n) is 6.70. The number of hydrogen-bond acceptors (Lipinski definition) is 4. The predicted molar refractivity (Wildman–Crippen MR) is 85.3 cm³/mol. The number of carbonyl (C=O) groups excluding carboxylic acids is 1. The van der Waals surface area contributed by atoms with Crippen molar-refractivity contribution in [1.29, 1.82) is 5.26 Å². The van der Waals surface area contributed by atoms with Crippen LogP contribution in [-0.2, 0) is 4.79 Å². The summed E-state index contributed by atoms with van der Waals surface area (Å²) in [6, 6.07) is 14.2. The van der Waals surface area contributed by atoms with E-state index < -0.39 is 11.7 Å². The minimum Gasteiger partial charge on any atom is -0.497 e. The van der Waals surface area contributed by atoms with Crippen LogP contribution in [0.2, 0.25) is 0 Å². The van der Waals surface area contributed by atoms with Gasteiger partial charge in [0.05, 0.1) is 7.11 Å². The van der Waals surface area contributed by atoms with E-state index in [0.29, 0.717) is 17.1 Å². The van der Waals surface area contributed by atoms with Gasteiger partial charge in [-0.2, -0.15) is 5.26 Å². The molecule has 0 bridgehead atoms. The van der Waals surface area contributed by atoms with Crippen LogP contribution in [0.15, 0.2) is 60.3 Å². The normalized spacial score (nSPS) is 10.6. The van der Waals surface area contributed by atoms with Gasteiger partial charge in [0.1, 0.15) is 23.2 Å². The molecule has 116 valence electrons. The van der Waals surface area contributed by atoms with Crippen LogP contribution in [0.4, 0.5) is 15.8 Å². The average molecular weight is 311 g/mol. The monoisotopic (exact) mass is 311 g/mol. The van der Waals surface area contributed by atoms with Crippen molar-refractivity contribution in [3.8, 4) is 11.8 Å². The topological polar surface area (TPSA) is 74.1 Å². The third kappa shape index (κ3) is 4.58. The summed E-state index contributed by atoms with van der Waals surface area (Å²) >= 11 is 0. The zero-order valence-electron chi connectivity index (χ0n) is 12.3. The first kappa shape index (κ1) is 16.0. The number of halogens is 1. The molecule has 0 spiro atoms.